The van der Waals surface area contributed by atoms with Crippen LogP contribution in [0.15, 0.2) is 36.4 Å². The Morgan fingerprint density at radius 1 is 0.625 bits per heavy atom. The van der Waals surface area contributed by atoms with Gasteiger partial charge in [0.25, 0.3) is 0 Å². The van der Waals surface area contributed by atoms with Gasteiger partial charge in [-0.25, -0.2) is 0 Å². The summed E-state index contributed by atoms with van der Waals surface area (Å²) in [7, 11) is 0. The Bertz CT molecular complexity index is 663. The number of aliphatic hydroxyl groups is 1. The molecular formula is C23H32O. The van der Waals surface area contributed by atoms with Crippen LogP contribution in [0.3, 0.4) is 0 Å². The summed E-state index contributed by atoms with van der Waals surface area (Å²) >= 11 is 0. The monoisotopic (exact) mass is 324 g/mol. The van der Waals surface area contributed by atoms with Crippen molar-refractivity contribution in [3.8, 4) is 0 Å². The van der Waals surface area contributed by atoms with Gasteiger partial charge in [0.1, 0.15) is 6.10 Å². The van der Waals surface area contributed by atoms with Gasteiger partial charge in [0.05, 0.1) is 0 Å². The lowest BCUT2D eigenvalue weighted by Crippen LogP contribution is -2.14. The second-order valence-corrected chi connectivity index (χ2v) is 9.17. The molecule has 1 N–H and O–H groups in total. The Morgan fingerprint density at radius 2 is 0.958 bits per heavy atom. The van der Waals surface area contributed by atoms with Crippen molar-refractivity contribution in [2.75, 3.05) is 0 Å². The highest BCUT2D eigenvalue weighted by atomic mass is 16.3. The van der Waals surface area contributed by atoms with Crippen LogP contribution in [0.2, 0.25) is 0 Å². The lowest BCUT2D eigenvalue weighted by atomic mass is 9.82. The van der Waals surface area contributed by atoms with Gasteiger partial charge in [0.15, 0.2) is 0 Å². The van der Waals surface area contributed by atoms with Gasteiger partial charge in [0.2, 0.25) is 0 Å². The molecule has 0 aliphatic heterocycles. The van der Waals surface area contributed by atoms with Crippen molar-refractivity contribution in [3.05, 3.63) is 69.8 Å². The molecule has 0 amide bonds. The number of aliphatic hydroxyl groups excluding tert-OH is 1. The average Bonchev–Trinajstić information content (AvgIpc) is 2.43. The number of rotatable bonds is 2. The summed E-state index contributed by atoms with van der Waals surface area (Å²) in [6, 6.07) is 12.9. The zero-order valence-electron chi connectivity index (χ0n) is 16.5. The number of aryl methyl sites for hydroxylation is 2. The molecule has 0 aliphatic carbocycles. The van der Waals surface area contributed by atoms with Gasteiger partial charge < -0.3 is 5.11 Å². The second kappa shape index (κ2) is 6.37. The molecule has 0 heterocycles. The van der Waals surface area contributed by atoms with E-state index in [4.69, 9.17) is 0 Å². The molecule has 24 heavy (non-hydrogen) atoms. The molecule has 0 aromatic heterocycles. The van der Waals surface area contributed by atoms with Crippen LogP contribution >= 0.6 is 0 Å². The van der Waals surface area contributed by atoms with Gasteiger partial charge in [-0.3, -0.25) is 0 Å². The quantitative estimate of drug-likeness (QED) is 0.720. The summed E-state index contributed by atoms with van der Waals surface area (Å²) in [5.41, 5.74) is 7.02. The van der Waals surface area contributed by atoms with Gasteiger partial charge in [-0.1, -0.05) is 89.1 Å². The van der Waals surface area contributed by atoms with Crippen molar-refractivity contribution >= 4 is 0 Å². The first-order valence-corrected chi connectivity index (χ1v) is 8.80. The predicted octanol–water partition coefficient (Wildman–Crippen LogP) is 5.98. The number of benzene rings is 2. The van der Waals surface area contributed by atoms with Crippen LogP contribution in [0, 0.1) is 13.8 Å². The van der Waals surface area contributed by atoms with E-state index in [1.165, 1.54) is 22.3 Å². The van der Waals surface area contributed by atoms with E-state index in [2.05, 4.69) is 91.8 Å². The maximum atomic E-state index is 11.0. The zero-order chi connectivity index (χ0) is 18.3. The van der Waals surface area contributed by atoms with Crippen molar-refractivity contribution < 1.29 is 5.11 Å². The second-order valence-electron chi connectivity index (χ2n) is 9.17. The lowest BCUT2D eigenvalue weighted by molar-refractivity contribution is 0.219. The fourth-order valence-electron chi connectivity index (χ4n) is 3.00. The van der Waals surface area contributed by atoms with E-state index in [1.807, 2.05) is 0 Å². The van der Waals surface area contributed by atoms with Crippen LogP contribution in [-0.2, 0) is 10.8 Å². The van der Waals surface area contributed by atoms with Crippen molar-refractivity contribution in [2.24, 2.45) is 0 Å². The smallest absolute Gasteiger partial charge is 0.104 e. The fraction of sp³-hybridized carbons (Fsp3) is 0.478. The normalized spacial score (nSPS) is 12.8. The van der Waals surface area contributed by atoms with E-state index in [0.717, 1.165) is 11.1 Å². The molecule has 2 rings (SSSR count). The summed E-state index contributed by atoms with van der Waals surface area (Å²) in [5.74, 6) is 0. The molecule has 0 unspecified atom stereocenters. The summed E-state index contributed by atoms with van der Waals surface area (Å²) in [4.78, 5) is 0. The van der Waals surface area contributed by atoms with Crippen LogP contribution in [0.5, 0.6) is 0 Å². The minimum absolute atomic E-state index is 0.0731. The van der Waals surface area contributed by atoms with Gasteiger partial charge in [-0.05, 0) is 46.9 Å². The Labute approximate surface area is 147 Å². The van der Waals surface area contributed by atoms with Crippen LogP contribution in [0.4, 0.5) is 0 Å². The summed E-state index contributed by atoms with van der Waals surface area (Å²) in [5, 5.41) is 11.0. The molecule has 1 heteroatoms. The molecule has 130 valence electrons. The molecule has 1 nitrogen and oxygen atoms in total. The van der Waals surface area contributed by atoms with Crippen LogP contribution in [0.1, 0.15) is 81.0 Å². The van der Waals surface area contributed by atoms with Crippen molar-refractivity contribution in [1.29, 1.82) is 0 Å². The lowest BCUT2D eigenvalue weighted by Gasteiger charge is -2.24. The topological polar surface area (TPSA) is 20.2 Å². The maximum absolute atomic E-state index is 11.0. The molecule has 0 spiro atoms. The SMILES string of the molecule is Cc1cc(C(O)c2cc(C)cc(C(C)(C)C)c2)cc(C(C)(C)C)c1. The molecular weight excluding hydrogens is 292 g/mol. The number of hydrogen-bond acceptors (Lipinski definition) is 1. The first-order chi connectivity index (χ1) is 10.9. The van der Waals surface area contributed by atoms with Gasteiger partial charge in [-0.2, -0.15) is 0 Å². The first-order valence-electron chi connectivity index (χ1n) is 8.80. The Balaban J connectivity index is 2.51. The molecule has 0 aliphatic rings. The maximum Gasteiger partial charge on any atom is 0.104 e. The van der Waals surface area contributed by atoms with Crippen molar-refractivity contribution in [2.45, 2.75) is 72.3 Å². The Kier molecular flexibility index (Phi) is 4.97. The first kappa shape index (κ1) is 18.7. The van der Waals surface area contributed by atoms with Gasteiger partial charge >= 0.3 is 0 Å². The molecule has 0 saturated carbocycles. The third-order valence-corrected chi connectivity index (χ3v) is 4.56. The summed E-state index contributed by atoms with van der Waals surface area (Å²) in [6.07, 6.45) is -0.591. The standard InChI is InChI=1S/C23H32O/c1-15-9-17(13-19(11-15)22(3,4)5)21(24)18-10-16(2)12-20(14-18)23(6,7)8/h9-14,21,24H,1-8H3. The molecule has 0 fully saturated rings. The molecule has 0 radical (unpaired) electrons. The summed E-state index contributed by atoms with van der Waals surface area (Å²) in [6.45, 7) is 17.5. The molecule has 0 saturated heterocycles. The zero-order valence-corrected chi connectivity index (χ0v) is 16.5. The van der Waals surface area contributed by atoms with E-state index in [9.17, 15) is 5.11 Å². The highest BCUT2D eigenvalue weighted by molar-refractivity contribution is 5.41. The van der Waals surface area contributed by atoms with Crippen LogP contribution in [0.25, 0.3) is 0 Å². The highest BCUT2D eigenvalue weighted by Crippen LogP contribution is 2.32. The Hall–Kier alpha value is -1.60. The average molecular weight is 325 g/mol. The van der Waals surface area contributed by atoms with Crippen molar-refractivity contribution in [3.63, 3.8) is 0 Å². The van der Waals surface area contributed by atoms with E-state index in [-0.39, 0.29) is 10.8 Å². The molecule has 0 atom stereocenters. The third-order valence-electron chi connectivity index (χ3n) is 4.56. The highest BCUT2D eigenvalue weighted by Gasteiger charge is 2.20. The minimum Gasteiger partial charge on any atom is -0.384 e. The minimum atomic E-state index is -0.591. The van der Waals surface area contributed by atoms with Crippen LogP contribution < -0.4 is 0 Å². The molecule has 2 aromatic rings. The Morgan fingerprint density at radius 3 is 1.25 bits per heavy atom. The fourth-order valence-corrected chi connectivity index (χ4v) is 3.00. The molecule has 0 bridgehead atoms. The number of hydrogen-bond donors (Lipinski definition) is 1. The van der Waals surface area contributed by atoms with E-state index in [1.54, 1.807) is 0 Å². The van der Waals surface area contributed by atoms with Gasteiger partial charge in [-0.15, -0.1) is 0 Å². The largest absolute Gasteiger partial charge is 0.384 e. The van der Waals surface area contributed by atoms with Crippen LogP contribution in [-0.4, -0.2) is 5.11 Å². The molecule has 2 aromatic carbocycles. The van der Waals surface area contributed by atoms with E-state index >= 15 is 0 Å². The van der Waals surface area contributed by atoms with E-state index in [0.29, 0.717) is 0 Å². The van der Waals surface area contributed by atoms with E-state index < -0.39 is 6.10 Å². The van der Waals surface area contributed by atoms with Gasteiger partial charge in [0, 0.05) is 0 Å². The predicted molar refractivity (Wildman–Crippen MR) is 104 cm³/mol. The third kappa shape index (κ3) is 4.27. The summed E-state index contributed by atoms with van der Waals surface area (Å²) < 4.78 is 0. The van der Waals surface area contributed by atoms with Crippen molar-refractivity contribution in [1.82, 2.24) is 0 Å².